The molecule has 1 heterocycles. The number of nitrogens with zero attached hydrogens (tertiary/aromatic N) is 2. The molecule has 0 atom stereocenters. The highest BCUT2D eigenvalue weighted by molar-refractivity contribution is 5.81. The van der Waals surface area contributed by atoms with Gasteiger partial charge in [-0.3, -0.25) is 9.79 Å². The third-order valence-electron chi connectivity index (χ3n) is 1.59. The summed E-state index contributed by atoms with van der Waals surface area (Å²) in [7, 11) is 0. The Morgan fingerprint density at radius 3 is 3.00 bits per heavy atom. The zero-order chi connectivity index (χ0) is 8.27. The first kappa shape index (κ1) is 8.04. The van der Waals surface area contributed by atoms with E-state index in [4.69, 9.17) is 4.74 Å². The normalized spacial score (nSPS) is 16.5. The molecule has 0 N–H and O–H groups in total. The maximum Gasteiger partial charge on any atom is 0.304 e. The molecule has 4 heteroatoms. The summed E-state index contributed by atoms with van der Waals surface area (Å²) >= 11 is 0. The van der Waals surface area contributed by atoms with Gasteiger partial charge >= 0.3 is 5.97 Å². The fraction of sp³-hybridized carbons (Fsp3) is 0.714. The van der Waals surface area contributed by atoms with Gasteiger partial charge in [0.1, 0.15) is 0 Å². The van der Waals surface area contributed by atoms with Crippen LogP contribution in [0.15, 0.2) is 4.99 Å². The van der Waals surface area contributed by atoms with Crippen LogP contribution in [0.5, 0.6) is 0 Å². The van der Waals surface area contributed by atoms with Crippen molar-refractivity contribution < 1.29 is 9.53 Å². The molecule has 0 unspecified atom stereocenters. The Labute approximate surface area is 65.9 Å². The summed E-state index contributed by atoms with van der Waals surface area (Å²) in [6, 6.07) is 0. The van der Waals surface area contributed by atoms with Crippen LogP contribution in [-0.2, 0) is 9.53 Å². The minimum Gasteiger partial charge on any atom is -0.444 e. The molecule has 1 aliphatic heterocycles. The smallest absolute Gasteiger partial charge is 0.304 e. The molecule has 0 saturated carbocycles. The van der Waals surface area contributed by atoms with Crippen LogP contribution in [-0.4, -0.2) is 36.5 Å². The zero-order valence-electron chi connectivity index (χ0n) is 6.83. The number of esters is 1. The molecule has 0 amide bonds. The highest BCUT2D eigenvalue weighted by atomic mass is 16.5. The van der Waals surface area contributed by atoms with Crippen molar-refractivity contribution in [2.45, 2.75) is 13.8 Å². The largest absolute Gasteiger partial charge is 0.444 e. The monoisotopic (exact) mass is 156 g/mol. The summed E-state index contributed by atoms with van der Waals surface area (Å²) in [6.45, 7) is 5.33. The van der Waals surface area contributed by atoms with Gasteiger partial charge in [0.15, 0.2) is 6.73 Å². The number of carbonyl (C=O) groups is 1. The van der Waals surface area contributed by atoms with Gasteiger partial charge in [-0.15, -0.1) is 0 Å². The van der Waals surface area contributed by atoms with Crippen LogP contribution in [0.25, 0.3) is 0 Å². The minimum absolute atomic E-state index is 0.246. The van der Waals surface area contributed by atoms with E-state index in [1.807, 2.05) is 11.8 Å². The molecule has 0 aliphatic carbocycles. The van der Waals surface area contributed by atoms with Crippen molar-refractivity contribution in [1.29, 1.82) is 0 Å². The van der Waals surface area contributed by atoms with Crippen molar-refractivity contribution in [3.63, 3.8) is 0 Å². The molecule has 0 aromatic carbocycles. The molecule has 62 valence electrons. The first-order chi connectivity index (χ1) is 5.20. The number of amidine groups is 1. The molecular formula is C7H12N2O2. The molecule has 0 saturated heterocycles. The Balaban J connectivity index is 2.27. The summed E-state index contributed by atoms with van der Waals surface area (Å²) in [5.41, 5.74) is 0. The van der Waals surface area contributed by atoms with E-state index < -0.39 is 0 Å². The Morgan fingerprint density at radius 2 is 2.55 bits per heavy atom. The SMILES string of the molecule is CC(=O)OCN1CCN=C1C. The lowest BCUT2D eigenvalue weighted by Crippen LogP contribution is -2.29. The topological polar surface area (TPSA) is 41.9 Å². The fourth-order valence-corrected chi connectivity index (χ4v) is 0.921. The van der Waals surface area contributed by atoms with E-state index in [-0.39, 0.29) is 5.97 Å². The highest BCUT2D eigenvalue weighted by Crippen LogP contribution is 2.00. The maximum absolute atomic E-state index is 10.4. The second kappa shape index (κ2) is 3.37. The summed E-state index contributed by atoms with van der Waals surface area (Å²) in [6.07, 6.45) is 0. The molecule has 0 bridgehead atoms. The van der Waals surface area contributed by atoms with E-state index >= 15 is 0 Å². The van der Waals surface area contributed by atoms with Crippen LogP contribution in [0.2, 0.25) is 0 Å². The second-order valence-corrected chi connectivity index (χ2v) is 2.46. The lowest BCUT2D eigenvalue weighted by Gasteiger charge is -2.16. The number of hydrogen-bond acceptors (Lipinski definition) is 4. The van der Waals surface area contributed by atoms with Crippen molar-refractivity contribution in [3.8, 4) is 0 Å². The minimum atomic E-state index is -0.246. The van der Waals surface area contributed by atoms with Crippen molar-refractivity contribution in [2.24, 2.45) is 4.99 Å². The van der Waals surface area contributed by atoms with Gasteiger partial charge in [-0.25, -0.2) is 0 Å². The lowest BCUT2D eigenvalue weighted by molar-refractivity contribution is -0.143. The van der Waals surface area contributed by atoms with Gasteiger partial charge in [-0.1, -0.05) is 0 Å². The van der Waals surface area contributed by atoms with Crippen molar-refractivity contribution >= 4 is 11.8 Å². The van der Waals surface area contributed by atoms with Gasteiger partial charge in [-0.2, -0.15) is 0 Å². The first-order valence-electron chi connectivity index (χ1n) is 3.59. The standard InChI is InChI=1S/C7H12N2O2/c1-6-8-3-4-9(6)5-11-7(2)10/h3-5H2,1-2H3. The zero-order valence-corrected chi connectivity index (χ0v) is 6.83. The summed E-state index contributed by atoms with van der Waals surface area (Å²) in [5.74, 6) is 0.705. The Hall–Kier alpha value is -1.06. The Bertz CT molecular complexity index is 189. The molecule has 0 aromatic rings. The molecule has 0 fully saturated rings. The first-order valence-corrected chi connectivity index (χ1v) is 3.59. The van der Waals surface area contributed by atoms with Crippen molar-refractivity contribution in [1.82, 2.24) is 4.90 Å². The van der Waals surface area contributed by atoms with Crippen LogP contribution in [0, 0.1) is 0 Å². The van der Waals surface area contributed by atoms with Gasteiger partial charge in [-0.05, 0) is 6.92 Å². The van der Waals surface area contributed by atoms with Crippen LogP contribution in [0.3, 0.4) is 0 Å². The Morgan fingerprint density at radius 1 is 1.82 bits per heavy atom. The molecule has 11 heavy (non-hydrogen) atoms. The van der Waals surface area contributed by atoms with Gasteiger partial charge < -0.3 is 9.64 Å². The van der Waals surface area contributed by atoms with Gasteiger partial charge in [0.2, 0.25) is 0 Å². The Kier molecular flexibility index (Phi) is 2.46. The van der Waals surface area contributed by atoms with Crippen LogP contribution < -0.4 is 0 Å². The molecule has 4 nitrogen and oxygen atoms in total. The molecular weight excluding hydrogens is 144 g/mol. The third-order valence-corrected chi connectivity index (χ3v) is 1.59. The summed E-state index contributed by atoms with van der Waals surface area (Å²) in [5, 5.41) is 0. The van der Waals surface area contributed by atoms with E-state index in [0.717, 1.165) is 18.9 Å². The van der Waals surface area contributed by atoms with Crippen LogP contribution in [0.1, 0.15) is 13.8 Å². The van der Waals surface area contributed by atoms with Crippen LogP contribution >= 0.6 is 0 Å². The van der Waals surface area contributed by atoms with E-state index in [1.165, 1.54) is 6.92 Å². The summed E-state index contributed by atoms with van der Waals surface area (Å²) in [4.78, 5) is 16.5. The predicted octanol–water partition coefficient (Wildman–Crippen LogP) is 0.241. The predicted molar refractivity (Wildman–Crippen MR) is 41.3 cm³/mol. The lowest BCUT2D eigenvalue weighted by atomic mass is 10.6. The second-order valence-electron chi connectivity index (χ2n) is 2.46. The molecule has 1 rings (SSSR count). The third kappa shape index (κ3) is 2.22. The average molecular weight is 156 g/mol. The van der Waals surface area contributed by atoms with E-state index in [0.29, 0.717) is 6.73 Å². The highest BCUT2D eigenvalue weighted by Gasteiger charge is 2.12. The molecule has 1 aliphatic rings. The maximum atomic E-state index is 10.4. The van der Waals surface area contributed by atoms with Gasteiger partial charge in [0.25, 0.3) is 0 Å². The van der Waals surface area contributed by atoms with Gasteiger partial charge in [0, 0.05) is 13.5 Å². The molecule has 0 spiro atoms. The van der Waals surface area contributed by atoms with Crippen molar-refractivity contribution in [2.75, 3.05) is 19.8 Å². The average Bonchev–Trinajstić information content (AvgIpc) is 2.31. The summed E-state index contributed by atoms with van der Waals surface area (Å²) < 4.78 is 4.80. The van der Waals surface area contributed by atoms with Crippen LogP contribution in [0.4, 0.5) is 0 Å². The quantitative estimate of drug-likeness (QED) is 0.538. The van der Waals surface area contributed by atoms with Gasteiger partial charge in [0.05, 0.1) is 12.4 Å². The number of carbonyl (C=O) groups excluding carboxylic acids is 1. The number of hydrogen-bond donors (Lipinski definition) is 0. The molecule has 0 radical (unpaired) electrons. The number of ether oxygens (including phenoxy) is 1. The molecule has 0 aromatic heterocycles. The number of rotatable bonds is 2. The fourth-order valence-electron chi connectivity index (χ4n) is 0.921. The van der Waals surface area contributed by atoms with E-state index in [1.54, 1.807) is 0 Å². The van der Waals surface area contributed by atoms with Crippen molar-refractivity contribution in [3.05, 3.63) is 0 Å². The van der Waals surface area contributed by atoms with E-state index in [9.17, 15) is 4.79 Å². The van der Waals surface area contributed by atoms with E-state index in [2.05, 4.69) is 4.99 Å². The number of aliphatic imine (C=N–C) groups is 1.